The Labute approximate surface area is 141 Å². The third kappa shape index (κ3) is 3.25. The summed E-state index contributed by atoms with van der Waals surface area (Å²) in [5.41, 5.74) is 5.38. The number of aryl methyl sites for hydroxylation is 3. The van der Waals surface area contributed by atoms with Gasteiger partial charge in [-0.2, -0.15) is 5.10 Å². The van der Waals surface area contributed by atoms with Gasteiger partial charge in [0.15, 0.2) is 10.7 Å². The van der Waals surface area contributed by atoms with Gasteiger partial charge in [0.2, 0.25) is 0 Å². The molecule has 3 N–H and O–H groups in total. The zero-order valence-corrected chi connectivity index (χ0v) is 14.7. The van der Waals surface area contributed by atoms with Gasteiger partial charge in [0.25, 0.3) is 0 Å². The van der Waals surface area contributed by atoms with E-state index in [1.54, 1.807) is 16.3 Å². The van der Waals surface area contributed by atoms with Gasteiger partial charge in [0.05, 0.1) is 33.0 Å². The second kappa shape index (κ2) is 6.32. The van der Waals surface area contributed by atoms with Gasteiger partial charge in [0, 0.05) is 30.6 Å². The molecule has 0 amide bonds. The second-order valence-electron chi connectivity index (χ2n) is 5.19. The van der Waals surface area contributed by atoms with E-state index in [1.807, 2.05) is 39.1 Å². The lowest BCUT2D eigenvalue weighted by Crippen LogP contribution is -2.13. The molecule has 8 heteroatoms. The Kier molecular flexibility index (Phi) is 4.40. The normalized spacial score (nSPS) is 12.4. The van der Waals surface area contributed by atoms with E-state index in [9.17, 15) is 4.55 Å². The van der Waals surface area contributed by atoms with Gasteiger partial charge in [0.1, 0.15) is 0 Å². The number of hydrogen-bond acceptors (Lipinski definition) is 6. The van der Waals surface area contributed by atoms with Gasteiger partial charge >= 0.3 is 0 Å². The van der Waals surface area contributed by atoms with Gasteiger partial charge in [-0.05, 0) is 26.0 Å². The zero-order valence-electron chi connectivity index (χ0n) is 13.0. The molecule has 23 heavy (non-hydrogen) atoms. The van der Waals surface area contributed by atoms with Crippen LogP contribution in [-0.2, 0) is 18.4 Å². The fourth-order valence-corrected chi connectivity index (χ4v) is 3.82. The van der Waals surface area contributed by atoms with Gasteiger partial charge in [-0.1, -0.05) is 0 Å². The topological polar surface area (TPSA) is 91.8 Å². The quantitative estimate of drug-likeness (QED) is 0.708. The first-order valence-electron chi connectivity index (χ1n) is 6.94. The predicted octanol–water partition coefficient (Wildman–Crippen LogP) is 2.89. The van der Waals surface area contributed by atoms with Crippen molar-refractivity contribution in [1.82, 2.24) is 14.8 Å². The smallest absolute Gasteiger partial charge is 0.184 e. The Bertz CT molecular complexity index is 821. The maximum Gasteiger partial charge on any atom is 0.184 e. The Hall–Kier alpha value is -1.87. The first kappa shape index (κ1) is 16.0. The van der Waals surface area contributed by atoms with Crippen LogP contribution in [0.4, 0.5) is 11.5 Å². The number of anilines is 2. The maximum absolute atomic E-state index is 12.0. The fourth-order valence-electron chi connectivity index (χ4n) is 2.28. The van der Waals surface area contributed by atoms with Crippen LogP contribution < -0.4 is 10.5 Å². The molecular weight excluding hydrogens is 330 g/mol. The Morgan fingerprint density at radius 1 is 1.30 bits per heavy atom. The molecule has 0 fully saturated rings. The molecule has 0 saturated carbocycles. The summed E-state index contributed by atoms with van der Waals surface area (Å²) in [6, 6.07) is 7.59. The van der Waals surface area contributed by atoms with E-state index in [1.165, 1.54) is 11.3 Å². The molecule has 3 rings (SSSR count). The number of nitrogens with zero attached hydrogens (tertiary/aromatic N) is 3. The number of rotatable bonds is 4. The highest BCUT2D eigenvalue weighted by Gasteiger charge is 2.19. The van der Waals surface area contributed by atoms with Gasteiger partial charge in [-0.25, -0.2) is 4.98 Å². The van der Waals surface area contributed by atoms with Gasteiger partial charge in [-0.3, -0.25) is 4.68 Å². The third-order valence-electron chi connectivity index (χ3n) is 3.57. The molecule has 0 aliphatic rings. The summed E-state index contributed by atoms with van der Waals surface area (Å²) < 4.78 is 13.8. The number of benzene rings is 1. The van der Waals surface area contributed by atoms with Crippen LogP contribution in [-0.4, -0.2) is 19.3 Å². The highest BCUT2D eigenvalue weighted by Crippen LogP contribution is 2.34. The van der Waals surface area contributed by atoms with Crippen molar-refractivity contribution in [3.63, 3.8) is 0 Å². The molecule has 3 aromatic rings. The third-order valence-corrected chi connectivity index (χ3v) is 5.31. The number of hydrogen-bond donors (Lipinski definition) is 2. The van der Waals surface area contributed by atoms with E-state index in [0.717, 1.165) is 33.3 Å². The number of nitrogens with one attached hydrogen (secondary N) is 1. The average molecular weight is 347 g/mol. The summed E-state index contributed by atoms with van der Waals surface area (Å²) in [4.78, 5) is 5.81. The van der Waals surface area contributed by atoms with Crippen molar-refractivity contribution < 1.29 is 4.55 Å². The van der Waals surface area contributed by atoms with Gasteiger partial charge in [-0.15, -0.1) is 16.5 Å². The molecule has 6 nitrogen and oxygen atoms in total. The Morgan fingerprint density at radius 3 is 2.65 bits per heavy atom. The minimum atomic E-state index is -1.59. The van der Waals surface area contributed by atoms with Crippen LogP contribution >= 0.6 is 11.3 Å². The van der Waals surface area contributed by atoms with Gasteiger partial charge < -0.3 is 9.87 Å². The van der Waals surface area contributed by atoms with Crippen LogP contribution in [0.3, 0.4) is 0 Å². The van der Waals surface area contributed by atoms with Crippen LogP contribution in [0.5, 0.6) is 0 Å². The monoisotopic (exact) mass is 347 g/mol. The highest BCUT2D eigenvalue weighted by molar-refractivity contribution is 7.89. The second-order valence-corrected chi connectivity index (χ2v) is 7.08. The van der Waals surface area contributed by atoms with Crippen molar-refractivity contribution in [2.24, 2.45) is 12.2 Å². The minimum Gasteiger partial charge on any atom is -0.593 e. The zero-order chi connectivity index (χ0) is 16.6. The molecule has 0 saturated heterocycles. The maximum atomic E-state index is 12.0. The molecule has 0 aliphatic carbocycles. The fraction of sp³-hybridized carbons (Fsp3) is 0.200. The summed E-state index contributed by atoms with van der Waals surface area (Å²) in [5.74, 6) is 0.737. The van der Waals surface area contributed by atoms with Crippen LogP contribution in [0, 0.1) is 13.8 Å². The molecule has 120 valence electrons. The van der Waals surface area contributed by atoms with E-state index in [2.05, 4.69) is 15.4 Å². The highest BCUT2D eigenvalue weighted by atomic mass is 32.2. The molecule has 1 unspecified atom stereocenters. The molecule has 2 aromatic heterocycles. The summed E-state index contributed by atoms with van der Waals surface area (Å²) in [6.07, 6.45) is 0. The summed E-state index contributed by atoms with van der Waals surface area (Å²) in [6.45, 7) is 3.91. The Morgan fingerprint density at radius 2 is 2.09 bits per heavy atom. The van der Waals surface area contributed by atoms with Crippen LogP contribution in [0.2, 0.25) is 0 Å². The lowest BCUT2D eigenvalue weighted by atomic mass is 10.1. The molecule has 0 spiro atoms. The average Bonchev–Trinajstić information content (AvgIpc) is 3.05. The first-order valence-corrected chi connectivity index (χ1v) is 9.03. The summed E-state index contributed by atoms with van der Waals surface area (Å²) in [5, 5.41) is 13.2. The van der Waals surface area contributed by atoms with E-state index in [-0.39, 0.29) is 0 Å². The van der Waals surface area contributed by atoms with Crippen molar-refractivity contribution in [1.29, 1.82) is 0 Å². The van der Waals surface area contributed by atoms with Crippen molar-refractivity contribution in [3.8, 4) is 10.4 Å². The van der Waals surface area contributed by atoms with Crippen molar-refractivity contribution in [2.45, 2.75) is 18.7 Å². The molecule has 0 aliphatic heterocycles. The van der Waals surface area contributed by atoms with E-state index in [4.69, 9.17) is 5.14 Å². The summed E-state index contributed by atoms with van der Waals surface area (Å²) >= 11 is -0.0754. The number of nitrogens with two attached hydrogens (primary N) is 1. The van der Waals surface area contributed by atoms with E-state index < -0.39 is 11.4 Å². The molecule has 0 radical (unpaired) electrons. The van der Waals surface area contributed by atoms with Crippen LogP contribution in [0.25, 0.3) is 10.4 Å². The minimum absolute atomic E-state index is 0.579. The molecule has 2 heterocycles. The molecular formula is C15H17N5OS2. The first-order chi connectivity index (χ1) is 11.0. The largest absolute Gasteiger partial charge is 0.593 e. The van der Waals surface area contributed by atoms with Crippen LogP contribution in [0.1, 0.15) is 11.4 Å². The molecule has 0 bridgehead atoms. The van der Waals surface area contributed by atoms with E-state index >= 15 is 0 Å². The molecule has 1 atom stereocenters. The van der Waals surface area contributed by atoms with Crippen molar-refractivity contribution in [3.05, 3.63) is 41.2 Å². The van der Waals surface area contributed by atoms with E-state index in [0.29, 0.717) is 4.90 Å². The van der Waals surface area contributed by atoms with Crippen molar-refractivity contribution in [2.75, 3.05) is 5.32 Å². The summed E-state index contributed by atoms with van der Waals surface area (Å²) in [7, 11) is 1.89. The Balaban J connectivity index is 1.98. The molecule has 1 aromatic carbocycles. The number of aromatic nitrogens is 3. The number of thiazole rings is 1. The lowest BCUT2D eigenvalue weighted by molar-refractivity contribution is 0.597. The predicted molar refractivity (Wildman–Crippen MR) is 94.1 cm³/mol. The van der Waals surface area contributed by atoms with Crippen LogP contribution in [0.15, 0.2) is 34.7 Å². The SMILES string of the molecule is Cc1ncsc1-c1ccc(Nc2cc(C)n(C)n2)cc1[S+](N)[O-]. The standard InChI is InChI=1S/C15H17N5OS2/c1-9-6-14(19-20(9)3)18-11-4-5-12(13(7-11)23(16)21)15-10(2)17-8-22-15/h4-8H,16H2,1-3H3,(H,18,19). The lowest BCUT2D eigenvalue weighted by Gasteiger charge is -2.11. The van der Waals surface area contributed by atoms with Crippen molar-refractivity contribution >= 4 is 34.2 Å².